The molecule has 1 saturated carbocycles. The summed E-state index contributed by atoms with van der Waals surface area (Å²) >= 11 is 0. The second-order valence-electron chi connectivity index (χ2n) is 6.20. The number of carbonyl (C=O) groups is 2. The van der Waals surface area contributed by atoms with E-state index in [0.717, 1.165) is 12.1 Å². The standard InChI is InChI=1S/C19H17F2NO4/c20-15-7-6-14(10-16(15)21)26-17(11-4-2-1-3-5-11)18(23)22-13-8-12(9-13)19(24)25/h1-7,10,12-13,17H,8-9H2,(H,22,23)(H,24,25). The monoisotopic (exact) mass is 361 g/mol. The van der Waals surface area contributed by atoms with Gasteiger partial charge in [0.25, 0.3) is 5.91 Å². The first-order valence-electron chi connectivity index (χ1n) is 8.14. The highest BCUT2D eigenvalue weighted by Gasteiger charge is 2.37. The fraction of sp³-hybridized carbons (Fsp3) is 0.263. The Bertz CT molecular complexity index is 806. The largest absolute Gasteiger partial charge is 0.481 e. The number of carboxylic acids is 1. The lowest BCUT2D eigenvalue weighted by atomic mass is 9.80. The van der Waals surface area contributed by atoms with Crippen molar-refractivity contribution >= 4 is 11.9 Å². The molecular weight excluding hydrogens is 344 g/mol. The molecule has 7 heteroatoms. The van der Waals surface area contributed by atoms with Gasteiger partial charge in [-0.05, 0) is 25.0 Å². The van der Waals surface area contributed by atoms with E-state index in [9.17, 15) is 18.4 Å². The number of halogens is 2. The van der Waals surface area contributed by atoms with Crippen LogP contribution in [0.5, 0.6) is 5.75 Å². The molecule has 0 heterocycles. The highest BCUT2D eigenvalue weighted by atomic mass is 19.2. The fourth-order valence-electron chi connectivity index (χ4n) is 2.80. The maximum Gasteiger partial charge on any atom is 0.306 e. The molecule has 0 aromatic heterocycles. The van der Waals surface area contributed by atoms with E-state index in [0.29, 0.717) is 18.4 Å². The van der Waals surface area contributed by atoms with E-state index in [1.807, 2.05) is 0 Å². The minimum atomic E-state index is -1.07. The zero-order valence-corrected chi connectivity index (χ0v) is 13.7. The molecule has 1 aliphatic rings. The van der Waals surface area contributed by atoms with E-state index in [1.165, 1.54) is 6.07 Å². The van der Waals surface area contributed by atoms with Crippen LogP contribution in [0.3, 0.4) is 0 Å². The summed E-state index contributed by atoms with van der Waals surface area (Å²) in [7, 11) is 0. The summed E-state index contributed by atoms with van der Waals surface area (Å²) in [4.78, 5) is 23.5. The molecule has 26 heavy (non-hydrogen) atoms. The van der Waals surface area contributed by atoms with Crippen LogP contribution in [0.2, 0.25) is 0 Å². The molecule has 1 unspecified atom stereocenters. The van der Waals surface area contributed by atoms with Crippen molar-refractivity contribution in [2.75, 3.05) is 0 Å². The third kappa shape index (κ3) is 3.99. The summed E-state index contributed by atoms with van der Waals surface area (Å²) in [6, 6.07) is 11.4. The quantitative estimate of drug-likeness (QED) is 0.829. The van der Waals surface area contributed by atoms with Crippen molar-refractivity contribution in [3.05, 3.63) is 65.7 Å². The SMILES string of the molecule is O=C(O)C1CC(NC(=O)C(Oc2ccc(F)c(F)c2)c2ccccc2)C1. The van der Waals surface area contributed by atoms with Gasteiger partial charge in [0.2, 0.25) is 6.10 Å². The Kier molecular flexibility index (Phi) is 5.16. The Morgan fingerprint density at radius 2 is 1.77 bits per heavy atom. The molecule has 0 saturated heterocycles. The fourth-order valence-corrected chi connectivity index (χ4v) is 2.80. The van der Waals surface area contributed by atoms with Crippen molar-refractivity contribution in [1.82, 2.24) is 5.32 Å². The third-order valence-corrected chi connectivity index (χ3v) is 4.32. The van der Waals surface area contributed by atoms with Gasteiger partial charge in [0, 0.05) is 17.7 Å². The predicted octanol–water partition coefficient (Wildman–Crippen LogP) is 3.06. The van der Waals surface area contributed by atoms with E-state index in [2.05, 4.69) is 5.32 Å². The lowest BCUT2D eigenvalue weighted by Gasteiger charge is -2.34. The van der Waals surface area contributed by atoms with Crippen LogP contribution in [-0.4, -0.2) is 23.0 Å². The van der Waals surface area contributed by atoms with Gasteiger partial charge in [-0.1, -0.05) is 30.3 Å². The topological polar surface area (TPSA) is 75.6 Å². The number of ether oxygens (including phenoxy) is 1. The van der Waals surface area contributed by atoms with Gasteiger partial charge in [-0.15, -0.1) is 0 Å². The molecule has 1 amide bonds. The molecule has 0 aliphatic heterocycles. The van der Waals surface area contributed by atoms with Crippen LogP contribution in [0.1, 0.15) is 24.5 Å². The number of hydrogen-bond acceptors (Lipinski definition) is 3. The molecule has 2 N–H and O–H groups in total. The Labute approximate surface area is 148 Å². The summed E-state index contributed by atoms with van der Waals surface area (Å²) in [6.07, 6.45) is -0.355. The number of carbonyl (C=O) groups excluding carboxylic acids is 1. The van der Waals surface area contributed by atoms with E-state index in [4.69, 9.17) is 9.84 Å². The van der Waals surface area contributed by atoms with Gasteiger partial charge >= 0.3 is 5.97 Å². The van der Waals surface area contributed by atoms with Crippen molar-refractivity contribution in [2.45, 2.75) is 25.0 Å². The van der Waals surface area contributed by atoms with Crippen LogP contribution >= 0.6 is 0 Å². The Balaban J connectivity index is 1.74. The molecule has 0 bridgehead atoms. The average molecular weight is 361 g/mol. The molecule has 3 rings (SSSR count). The first kappa shape index (κ1) is 17.8. The normalized spacial score (nSPS) is 19.9. The van der Waals surface area contributed by atoms with E-state index in [1.54, 1.807) is 30.3 Å². The lowest BCUT2D eigenvalue weighted by molar-refractivity contribution is -0.146. The first-order valence-corrected chi connectivity index (χ1v) is 8.14. The molecule has 0 radical (unpaired) electrons. The Morgan fingerprint density at radius 1 is 1.08 bits per heavy atom. The maximum atomic E-state index is 13.4. The predicted molar refractivity (Wildman–Crippen MR) is 88.5 cm³/mol. The van der Waals surface area contributed by atoms with Crippen LogP contribution in [0.4, 0.5) is 8.78 Å². The molecule has 5 nitrogen and oxygen atoms in total. The van der Waals surface area contributed by atoms with E-state index < -0.39 is 35.5 Å². The van der Waals surface area contributed by atoms with Gasteiger partial charge in [-0.3, -0.25) is 9.59 Å². The summed E-state index contributed by atoms with van der Waals surface area (Å²) in [5, 5.41) is 11.7. The smallest absolute Gasteiger partial charge is 0.306 e. The average Bonchev–Trinajstić information content (AvgIpc) is 2.58. The van der Waals surface area contributed by atoms with E-state index in [-0.39, 0.29) is 11.8 Å². The summed E-state index contributed by atoms with van der Waals surface area (Å²) in [5.74, 6) is -3.86. The van der Waals surface area contributed by atoms with Gasteiger partial charge < -0.3 is 15.2 Å². The van der Waals surface area contributed by atoms with Crippen molar-refractivity contribution < 1.29 is 28.2 Å². The Hall–Kier alpha value is -2.96. The summed E-state index contributed by atoms with van der Waals surface area (Å²) < 4.78 is 32.1. The zero-order chi connectivity index (χ0) is 18.7. The number of rotatable bonds is 6. The number of benzene rings is 2. The number of amides is 1. The second kappa shape index (κ2) is 7.51. The summed E-state index contributed by atoms with van der Waals surface area (Å²) in [5.41, 5.74) is 0.545. The lowest BCUT2D eigenvalue weighted by Crippen LogP contribution is -2.48. The molecular formula is C19H17F2NO4. The molecule has 1 fully saturated rings. The van der Waals surface area contributed by atoms with Gasteiger partial charge in [0.1, 0.15) is 5.75 Å². The van der Waals surface area contributed by atoms with Gasteiger partial charge in [0.05, 0.1) is 5.92 Å². The van der Waals surface area contributed by atoms with Crippen molar-refractivity contribution in [1.29, 1.82) is 0 Å². The molecule has 0 spiro atoms. The highest BCUT2D eigenvalue weighted by Crippen LogP contribution is 2.29. The molecule has 2 aromatic carbocycles. The van der Waals surface area contributed by atoms with Crippen LogP contribution in [0.15, 0.2) is 48.5 Å². The third-order valence-electron chi connectivity index (χ3n) is 4.32. The maximum absolute atomic E-state index is 13.4. The number of aliphatic carboxylic acids is 1. The van der Waals surface area contributed by atoms with Crippen LogP contribution in [0.25, 0.3) is 0 Å². The highest BCUT2D eigenvalue weighted by molar-refractivity contribution is 5.83. The number of nitrogens with one attached hydrogen (secondary N) is 1. The van der Waals surface area contributed by atoms with Crippen LogP contribution < -0.4 is 10.1 Å². The molecule has 2 aromatic rings. The molecule has 136 valence electrons. The summed E-state index contributed by atoms with van der Waals surface area (Å²) in [6.45, 7) is 0. The number of hydrogen-bond donors (Lipinski definition) is 2. The van der Waals surface area contributed by atoms with Crippen molar-refractivity contribution in [2.24, 2.45) is 5.92 Å². The molecule has 1 aliphatic carbocycles. The second-order valence-corrected chi connectivity index (χ2v) is 6.20. The van der Waals surface area contributed by atoms with Crippen LogP contribution in [0, 0.1) is 17.6 Å². The minimum Gasteiger partial charge on any atom is -0.481 e. The Morgan fingerprint density at radius 3 is 2.38 bits per heavy atom. The zero-order valence-electron chi connectivity index (χ0n) is 13.7. The van der Waals surface area contributed by atoms with E-state index >= 15 is 0 Å². The molecule has 1 atom stereocenters. The first-order chi connectivity index (χ1) is 12.4. The number of carboxylic acid groups (broad SMARTS) is 1. The van der Waals surface area contributed by atoms with Crippen molar-refractivity contribution in [3.8, 4) is 5.75 Å². The van der Waals surface area contributed by atoms with Crippen molar-refractivity contribution in [3.63, 3.8) is 0 Å². The minimum absolute atomic E-state index is 0.0184. The van der Waals surface area contributed by atoms with Gasteiger partial charge in [0.15, 0.2) is 11.6 Å². The van der Waals surface area contributed by atoms with Gasteiger partial charge in [-0.2, -0.15) is 0 Å². The van der Waals surface area contributed by atoms with Crippen LogP contribution in [-0.2, 0) is 9.59 Å². The van der Waals surface area contributed by atoms with Gasteiger partial charge in [-0.25, -0.2) is 8.78 Å².